The third kappa shape index (κ3) is 2.21. The van der Waals surface area contributed by atoms with Crippen LogP contribution in [0.3, 0.4) is 0 Å². The first-order chi connectivity index (χ1) is 10.3. The Morgan fingerprint density at radius 2 is 2.19 bits per heavy atom. The summed E-state index contributed by atoms with van der Waals surface area (Å²) >= 11 is 0. The molecule has 2 heterocycles. The fourth-order valence-corrected chi connectivity index (χ4v) is 3.41. The lowest BCUT2D eigenvalue weighted by Gasteiger charge is -2.16. The molecule has 0 spiro atoms. The molecule has 5 nitrogen and oxygen atoms in total. The highest BCUT2D eigenvalue weighted by molar-refractivity contribution is 5.44. The molecule has 1 unspecified atom stereocenters. The number of ether oxygens (including phenoxy) is 1. The molecule has 0 bridgehead atoms. The Kier molecular flexibility index (Phi) is 3.15. The first-order valence-corrected chi connectivity index (χ1v) is 7.74. The third-order valence-corrected chi connectivity index (χ3v) is 4.57. The van der Waals surface area contributed by atoms with Crippen LogP contribution in [0.4, 0.5) is 0 Å². The van der Waals surface area contributed by atoms with Gasteiger partial charge in [0.25, 0.3) is 0 Å². The molecular weight excluding hydrogens is 264 g/mol. The van der Waals surface area contributed by atoms with Gasteiger partial charge in [0.05, 0.1) is 0 Å². The Labute approximate surface area is 124 Å². The zero-order valence-electron chi connectivity index (χ0n) is 12.1. The van der Waals surface area contributed by atoms with Gasteiger partial charge in [0.2, 0.25) is 0 Å². The third-order valence-electron chi connectivity index (χ3n) is 4.57. The summed E-state index contributed by atoms with van der Waals surface area (Å²) in [6.45, 7) is 1.50. The van der Waals surface area contributed by atoms with Crippen molar-refractivity contribution in [2.75, 3.05) is 0 Å². The Morgan fingerprint density at radius 3 is 3.14 bits per heavy atom. The number of aromatic nitrogens is 3. The average molecular weight is 284 g/mol. The van der Waals surface area contributed by atoms with Gasteiger partial charge in [-0.3, -0.25) is 0 Å². The maximum atomic E-state index is 6.12. The maximum Gasteiger partial charge on any atom is 0.171 e. The molecule has 110 valence electrons. The summed E-state index contributed by atoms with van der Waals surface area (Å²) in [5, 5.41) is 8.55. The van der Waals surface area contributed by atoms with Gasteiger partial charge in [0, 0.05) is 19.0 Å². The van der Waals surface area contributed by atoms with E-state index in [9.17, 15) is 0 Å². The summed E-state index contributed by atoms with van der Waals surface area (Å²) < 4.78 is 8.24. The fourth-order valence-electron chi connectivity index (χ4n) is 3.41. The second kappa shape index (κ2) is 5.15. The van der Waals surface area contributed by atoms with E-state index in [1.54, 1.807) is 0 Å². The van der Waals surface area contributed by atoms with E-state index in [1.807, 2.05) is 12.1 Å². The highest BCUT2D eigenvalue weighted by Gasteiger charge is 2.23. The number of rotatable bonds is 3. The van der Waals surface area contributed by atoms with Crippen LogP contribution >= 0.6 is 0 Å². The van der Waals surface area contributed by atoms with Crippen LogP contribution in [0.1, 0.15) is 48.1 Å². The van der Waals surface area contributed by atoms with Crippen molar-refractivity contribution in [3.05, 3.63) is 41.0 Å². The fraction of sp³-hybridized carbons (Fsp3) is 0.500. The average Bonchev–Trinajstić information content (AvgIpc) is 3.10. The molecule has 4 rings (SSSR count). The van der Waals surface area contributed by atoms with E-state index in [2.05, 4.69) is 20.8 Å². The molecule has 0 saturated heterocycles. The zero-order valence-corrected chi connectivity index (χ0v) is 12.1. The van der Waals surface area contributed by atoms with Crippen LogP contribution in [-0.2, 0) is 26.0 Å². The van der Waals surface area contributed by atoms with Crippen LogP contribution < -0.4 is 10.5 Å². The van der Waals surface area contributed by atoms with E-state index in [0.29, 0.717) is 6.61 Å². The second-order valence-electron chi connectivity index (χ2n) is 5.90. The summed E-state index contributed by atoms with van der Waals surface area (Å²) in [5.74, 6) is 2.98. The Hall–Kier alpha value is -1.88. The van der Waals surface area contributed by atoms with E-state index in [1.165, 1.54) is 24.0 Å². The monoisotopic (exact) mass is 284 g/mol. The van der Waals surface area contributed by atoms with Gasteiger partial charge in [0.15, 0.2) is 5.82 Å². The first kappa shape index (κ1) is 12.8. The van der Waals surface area contributed by atoms with Crippen LogP contribution in [0.15, 0.2) is 18.2 Å². The number of nitrogens with zero attached hydrogens (tertiary/aromatic N) is 3. The first-order valence-electron chi connectivity index (χ1n) is 7.74. The van der Waals surface area contributed by atoms with Gasteiger partial charge in [-0.05, 0) is 42.9 Å². The van der Waals surface area contributed by atoms with Crippen molar-refractivity contribution in [1.29, 1.82) is 0 Å². The standard InChI is InChI=1S/C16H20N4O/c17-13-8-7-12-11(13)4-3-5-14(12)21-10-16-19-18-15-6-1-2-9-20(15)16/h3-5,13H,1-2,6-10,17H2. The van der Waals surface area contributed by atoms with E-state index in [4.69, 9.17) is 10.5 Å². The van der Waals surface area contributed by atoms with Crippen LogP contribution in [-0.4, -0.2) is 14.8 Å². The molecule has 1 aromatic carbocycles. The van der Waals surface area contributed by atoms with E-state index in [-0.39, 0.29) is 6.04 Å². The molecule has 1 atom stereocenters. The van der Waals surface area contributed by atoms with Gasteiger partial charge in [-0.15, -0.1) is 10.2 Å². The Morgan fingerprint density at radius 1 is 1.24 bits per heavy atom. The molecule has 0 saturated carbocycles. The lowest BCUT2D eigenvalue weighted by molar-refractivity contribution is 0.283. The van der Waals surface area contributed by atoms with Crippen molar-refractivity contribution in [2.45, 2.75) is 51.3 Å². The number of hydrogen-bond acceptors (Lipinski definition) is 4. The second-order valence-corrected chi connectivity index (χ2v) is 5.90. The largest absolute Gasteiger partial charge is 0.485 e. The predicted octanol–water partition coefficient (Wildman–Crippen LogP) is 2.14. The molecule has 0 amide bonds. The van der Waals surface area contributed by atoms with Gasteiger partial charge >= 0.3 is 0 Å². The lowest BCUT2D eigenvalue weighted by Crippen LogP contribution is -2.14. The molecule has 2 aliphatic rings. The summed E-state index contributed by atoms with van der Waals surface area (Å²) in [6, 6.07) is 6.33. The summed E-state index contributed by atoms with van der Waals surface area (Å²) in [5.41, 5.74) is 8.61. The Bertz CT molecular complexity index is 664. The number of fused-ring (bicyclic) bond motifs is 2. The topological polar surface area (TPSA) is 66.0 Å². The molecule has 21 heavy (non-hydrogen) atoms. The highest BCUT2D eigenvalue weighted by Crippen LogP contribution is 2.35. The lowest BCUT2D eigenvalue weighted by atomic mass is 10.1. The molecule has 2 N–H and O–H groups in total. The van der Waals surface area contributed by atoms with Crippen LogP contribution in [0.2, 0.25) is 0 Å². The zero-order chi connectivity index (χ0) is 14.2. The van der Waals surface area contributed by atoms with E-state index < -0.39 is 0 Å². The Balaban J connectivity index is 1.54. The van der Waals surface area contributed by atoms with Crippen LogP contribution in [0.25, 0.3) is 0 Å². The molecule has 1 aliphatic carbocycles. The molecule has 2 aromatic rings. The number of aryl methyl sites for hydroxylation is 1. The molecular formula is C16H20N4O. The minimum absolute atomic E-state index is 0.157. The highest BCUT2D eigenvalue weighted by atomic mass is 16.5. The van der Waals surface area contributed by atoms with Gasteiger partial charge < -0.3 is 15.0 Å². The van der Waals surface area contributed by atoms with E-state index in [0.717, 1.165) is 43.2 Å². The van der Waals surface area contributed by atoms with Crippen LogP contribution in [0.5, 0.6) is 5.75 Å². The maximum absolute atomic E-state index is 6.12. The SMILES string of the molecule is NC1CCc2c(OCc3nnc4n3CCCC4)cccc21. The van der Waals surface area contributed by atoms with Crippen molar-refractivity contribution < 1.29 is 4.74 Å². The molecule has 1 aromatic heterocycles. The molecule has 0 fully saturated rings. The summed E-state index contributed by atoms with van der Waals surface area (Å²) in [4.78, 5) is 0. The van der Waals surface area contributed by atoms with Crippen molar-refractivity contribution >= 4 is 0 Å². The van der Waals surface area contributed by atoms with Gasteiger partial charge in [0.1, 0.15) is 18.2 Å². The van der Waals surface area contributed by atoms with Gasteiger partial charge in [-0.2, -0.15) is 0 Å². The minimum Gasteiger partial charge on any atom is -0.485 e. The molecule has 1 aliphatic heterocycles. The summed E-state index contributed by atoms with van der Waals surface area (Å²) in [7, 11) is 0. The number of benzene rings is 1. The smallest absolute Gasteiger partial charge is 0.171 e. The quantitative estimate of drug-likeness (QED) is 0.937. The minimum atomic E-state index is 0.157. The van der Waals surface area contributed by atoms with E-state index >= 15 is 0 Å². The van der Waals surface area contributed by atoms with Gasteiger partial charge in [-0.25, -0.2) is 0 Å². The number of nitrogens with two attached hydrogens (primary N) is 1. The van der Waals surface area contributed by atoms with Crippen molar-refractivity contribution in [3.8, 4) is 5.75 Å². The molecule has 0 radical (unpaired) electrons. The van der Waals surface area contributed by atoms with Crippen LogP contribution in [0, 0.1) is 0 Å². The number of hydrogen-bond donors (Lipinski definition) is 1. The normalized spacial score (nSPS) is 20.1. The summed E-state index contributed by atoms with van der Waals surface area (Å²) in [6.07, 6.45) is 5.46. The predicted molar refractivity (Wildman–Crippen MR) is 79.0 cm³/mol. The van der Waals surface area contributed by atoms with Crippen molar-refractivity contribution in [1.82, 2.24) is 14.8 Å². The van der Waals surface area contributed by atoms with Crippen molar-refractivity contribution in [2.24, 2.45) is 5.73 Å². The van der Waals surface area contributed by atoms with Crippen molar-refractivity contribution in [3.63, 3.8) is 0 Å². The van der Waals surface area contributed by atoms with Gasteiger partial charge in [-0.1, -0.05) is 12.1 Å². The molecule has 5 heteroatoms.